The predicted molar refractivity (Wildman–Crippen MR) is 103 cm³/mol. The maximum atomic E-state index is 6.02. The van der Waals surface area contributed by atoms with E-state index in [9.17, 15) is 0 Å². The minimum Gasteiger partial charge on any atom is -0.493 e. The van der Waals surface area contributed by atoms with E-state index in [0.717, 1.165) is 37.4 Å². The first-order valence-electron chi connectivity index (χ1n) is 9.16. The van der Waals surface area contributed by atoms with E-state index in [2.05, 4.69) is 22.1 Å². The molecule has 0 amide bonds. The molecule has 1 fully saturated rings. The SMILES string of the molecule is CCC(CN=C(N)NCCc1ccc(OC)c(OC)c1)N1CCCC1. The van der Waals surface area contributed by atoms with E-state index in [1.807, 2.05) is 18.2 Å². The Morgan fingerprint density at radius 3 is 2.60 bits per heavy atom. The van der Waals surface area contributed by atoms with Crippen molar-refractivity contribution in [3.8, 4) is 11.5 Å². The Bertz CT molecular complexity index is 556. The molecular weight excluding hydrogens is 316 g/mol. The second kappa shape index (κ2) is 10.1. The van der Waals surface area contributed by atoms with E-state index < -0.39 is 0 Å². The van der Waals surface area contributed by atoms with Gasteiger partial charge in [0.2, 0.25) is 0 Å². The number of methoxy groups -OCH3 is 2. The minimum absolute atomic E-state index is 0.508. The molecule has 0 saturated carbocycles. The largest absolute Gasteiger partial charge is 0.493 e. The van der Waals surface area contributed by atoms with Gasteiger partial charge >= 0.3 is 0 Å². The molecule has 6 heteroatoms. The van der Waals surface area contributed by atoms with E-state index in [-0.39, 0.29) is 0 Å². The molecule has 3 N–H and O–H groups in total. The summed E-state index contributed by atoms with van der Waals surface area (Å²) >= 11 is 0. The van der Waals surface area contributed by atoms with E-state index in [0.29, 0.717) is 12.0 Å². The van der Waals surface area contributed by atoms with Crippen LogP contribution in [0.15, 0.2) is 23.2 Å². The summed E-state index contributed by atoms with van der Waals surface area (Å²) in [5.74, 6) is 2.02. The highest BCUT2D eigenvalue weighted by atomic mass is 16.5. The Kier molecular flexibility index (Phi) is 7.85. The quantitative estimate of drug-likeness (QED) is 0.528. The van der Waals surface area contributed by atoms with Crippen LogP contribution in [0.2, 0.25) is 0 Å². The first kappa shape index (κ1) is 19.4. The Morgan fingerprint density at radius 1 is 1.24 bits per heavy atom. The van der Waals surface area contributed by atoms with Crippen LogP contribution in [0.3, 0.4) is 0 Å². The number of likely N-dealkylation sites (tertiary alicyclic amines) is 1. The maximum absolute atomic E-state index is 6.02. The number of nitrogens with one attached hydrogen (secondary N) is 1. The molecule has 1 aliphatic heterocycles. The molecule has 0 bridgehead atoms. The molecule has 140 valence electrons. The molecule has 6 nitrogen and oxygen atoms in total. The molecule has 25 heavy (non-hydrogen) atoms. The first-order chi connectivity index (χ1) is 12.2. The van der Waals surface area contributed by atoms with Gasteiger partial charge in [0.1, 0.15) is 0 Å². The zero-order valence-corrected chi connectivity index (χ0v) is 15.8. The zero-order chi connectivity index (χ0) is 18.1. The smallest absolute Gasteiger partial charge is 0.188 e. The van der Waals surface area contributed by atoms with Gasteiger partial charge in [0, 0.05) is 12.6 Å². The van der Waals surface area contributed by atoms with E-state index >= 15 is 0 Å². The molecule has 1 heterocycles. The molecule has 1 atom stereocenters. The molecular formula is C19H32N4O2. The maximum Gasteiger partial charge on any atom is 0.188 e. The van der Waals surface area contributed by atoms with Gasteiger partial charge in [-0.1, -0.05) is 13.0 Å². The fourth-order valence-corrected chi connectivity index (χ4v) is 3.24. The van der Waals surface area contributed by atoms with Crippen molar-refractivity contribution < 1.29 is 9.47 Å². The summed E-state index contributed by atoms with van der Waals surface area (Å²) in [6.45, 7) is 6.12. The van der Waals surface area contributed by atoms with Crippen LogP contribution in [0, 0.1) is 0 Å². The number of ether oxygens (including phenoxy) is 2. The van der Waals surface area contributed by atoms with Crippen LogP contribution >= 0.6 is 0 Å². The Labute approximate surface area is 151 Å². The average Bonchev–Trinajstić information content (AvgIpc) is 3.16. The van der Waals surface area contributed by atoms with Gasteiger partial charge in [-0.15, -0.1) is 0 Å². The van der Waals surface area contributed by atoms with Gasteiger partial charge in [-0.2, -0.15) is 0 Å². The lowest BCUT2D eigenvalue weighted by Crippen LogP contribution is -2.38. The second-order valence-electron chi connectivity index (χ2n) is 6.40. The number of aliphatic imine (C=N–C) groups is 1. The third-order valence-corrected chi connectivity index (χ3v) is 4.77. The molecule has 1 aromatic rings. The van der Waals surface area contributed by atoms with Crippen molar-refractivity contribution in [1.29, 1.82) is 0 Å². The number of hydrogen-bond donors (Lipinski definition) is 2. The number of benzene rings is 1. The molecule has 0 radical (unpaired) electrons. The molecule has 2 rings (SSSR count). The summed E-state index contributed by atoms with van der Waals surface area (Å²) in [7, 11) is 3.29. The highest BCUT2D eigenvalue weighted by Crippen LogP contribution is 2.27. The number of rotatable bonds is 9. The van der Waals surface area contributed by atoms with Crippen LogP contribution < -0.4 is 20.5 Å². The minimum atomic E-state index is 0.508. The number of hydrogen-bond acceptors (Lipinski definition) is 4. The molecule has 1 aliphatic rings. The average molecular weight is 348 g/mol. The number of nitrogens with two attached hydrogens (primary N) is 1. The van der Waals surface area contributed by atoms with Crippen LogP contribution in [0.5, 0.6) is 11.5 Å². The van der Waals surface area contributed by atoms with E-state index in [1.165, 1.54) is 31.5 Å². The fraction of sp³-hybridized carbons (Fsp3) is 0.632. The van der Waals surface area contributed by atoms with Crippen molar-refractivity contribution in [2.24, 2.45) is 10.7 Å². The Balaban J connectivity index is 1.78. The Morgan fingerprint density at radius 2 is 1.96 bits per heavy atom. The summed E-state index contributed by atoms with van der Waals surface area (Å²) in [5, 5.41) is 3.20. The monoisotopic (exact) mass is 348 g/mol. The molecule has 0 spiro atoms. The normalized spacial score (nSPS) is 16.7. The van der Waals surface area contributed by atoms with Crippen LogP contribution in [0.1, 0.15) is 31.7 Å². The van der Waals surface area contributed by atoms with Gasteiger partial charge in [-0.3, -0.25) is 9.89 Å². The van der Waals surface area contributed by atoms with Crippen LogP contribution in [-0.2, 0) is 6.42 Å². The lowest BCUT2D eigenvalue weighted by atomic mass is 10.1. The molecule has 1 saturated heterocycles. The third kappa shape index (κ3) is 5.81. The summed E-state index contributed by atoms with van der Waals surface area (Å²) in [5.41, 5.74) is 7.18. The molecule has 1 aromatic carbocycles. The molecule has 0 aromatic heterocycles. The number of guanidine groups is 1. The number of nitrogens with zero attached hydrogens (tertiary/aromatic N) is 2. The Hall–Kier alpha value is -1.95. The van der Waals surface area contributed by atoms with E-state index in [4.69, 9.17) is 15.2 Å². The van der Waals surface area contributed by atoms with Gasteiger partial charge in [0.25, 0.3) is 0 Å². The van der Waals surface area contributed by atoms with Gasteiger partial charge in [0.15, 0.2) is 17.5 Å². The van der Waals surface area contributed by atoms with Crippen molar-refractivity contribution >= 4 is 5.96 Å². The molecule has 1 unspecified atom stereocenters. The third-order valence-electron chi connectivity index (χ3n) is 4.77. The second-order valence-corrected chi connectivity index (χ2v) is 6.40. The van der Waals surface area contributed by atoms with Gasteiger partial charge in [-0.05, 0) is 56.5 Å². The van der Waals surface area contributed by atoms with Crippen LogP contribution in [-0.4, -0.2) is 57.3 Å². The van der Waals surface area contributed by atoms with Gasteiger partial charge in [-0.25, -0.2) is 0 Å². The summed E-state index contributed by atoms with van der Waals surface area (Å²) in [6, 6.07) is 6.47. The first-order valence-corrected chi connectivity index (χ1v) is 9.16. The standard InChI is InChI=1S/C19H32N4O2/c1-4-16(23-11-5-6-12-23)14-22-19(20)21-10-9-15-7-8-17(24-2)18(13-15)25-3/h7-8,13,16H,4-6,9-12,14H2,1-3H3,(H3,20,21,22). The van der Waals surface area contributed by atoms with Gasteiger partial charge < -0.3 is 20.5 Å². The lowest BCUT2D eigenvalue weighted by molar-refractivity contribution is 0.242. The fourth-order valence-electron chi connectivity index (χ4n) is 3.24. The van der Waals surface area contributed by atoms with Crippen molar-refractivity contribution in [3.63, 3.8) is 0 Å². The van der Waals surface area contributed by atoms with E-state index in [1.54, 1.807) is 14.2 Å². The highest BCUT2D eigenvalue weighted by molar-refractivity contribution is 5.77. The summed E-state index contributed by atoms with van der Waals surface area (Å²) in [4.78, 5) is 7.06. The van der Waals surface area contributed by atoms with Crippen molar-refractivity contribution in [2.75, 3.05) is 40.4 Å². The topological polar surface area (TPSA) is 72.1 Å². The lowest BCUT2D eigenvalue weighted by Gasteiger charge is -2.24. The van der Waals surface area contributed by atoms with Gasteiger partial charge in [0.05, 0.1) is 20.8 Å². The summed E-state index contributed by atoms with van der Waals surface area (Å²) in [6.07, 6.45) is 4.57. The highest BCUT2D eigenvalue weighted by Gasteiger charge is 2.19. The zero-order valence-electron chi connectivity index (χ0n) is 15.8. The summed E-state index contributed by atoms with van der Waals surface area (Å²) < 4.78 is 10.6. The van der Waals surface area contributed by atoms with Crippen LogP contribution in [0.4, 0.5) is 0 Å². The van der Waals surface area contributed by atoms with Crippen molar-refractivity contribution in [2.45, 2.75) is 38.6 Å². The van der Waals surface area contributed by atoms with Crippen LogP contribution in [0.25, 0.3) is 0 Å². The van der Waals surface area contributed by atoms with Crippen molar-refractivity contribution in [3.05, 3.63) is 23.8 Å². The predicted octanol–water partition coefficient (Wildman–Crippen LogP) is 2.02. The molecule has 0 aliphatic carbocycles. The van der Waals surface area contributed by atoms with Crippen molar-refractivity contribution in [1.82, 2.24) is 10.2 Å².